The first-order valence-electron chi connectivity index (χ1n) is 4.83. The highest BCUT2D eigenvalue weighted by Crippen LogP contribution is 2.23. The van der Waals surface area contributed by atoms with Gasteiger partial charge in [0.25, 0.3) is 10.0 Å². The lowest BCUT2D eigenvalue weighted by Crippen LogP contribution is -2.10. The predicted molar refractivity (Wildman–Crippen MR) is 69.0 cm³/mol. The largest absolute Gasteiger partial charge is 0.251 e. The van der Waals surface area contributed by atoms with Gasteiger partial charge in [0.2, 0.25) is 0 Å². The van der Waals surface area contributed by atoms with Crippen LogP contribution in [0.2, 0.25) is 0 Å². The maximum Gasteiger partial charge on any atom is 0.251 e. The van der Waals surface area contributed by atoms with Crippen LogP contribution < -0.4 is 0 Å². The van der Waals surface area contributed by atoms with Crippen LogP contribution in [0, 0.1) is 0 Å². The van der Waals surface area contributed by atoms with Gasteiger partial charge >= 0.3 is 0 Å². The molecule has 0 bridgehead atoms. The summed E-state index contributed by atoms with van der Waals surface area (Å²) in [6, 6.07) is 5.33. The zero-order valence-electron chi connectivity index (χ0n) is 9.31. The minimum absolute atomic E-state index is 0.585. The molecule has 0 spiro atoms. The Morgan fingerprint density at radius 3 is 2.50 bits per heavy atom. The van der Waals surface area contributed by atoms with Crippen molar-refractivity contribution in [3.8, 4) is 0 Å². The van der Waals surface area contributed by atoms with Gasteiger partial charge in [0.1, 0.15) is 0 Å². The van der Waals surface area contributed by atoms with E-state index in [-0.39, 0.29) is 0 Å². The third-order valence-electron chi connectivity index (χ3n) is 1.84. The second-order valence-corrected chi connectivity index (χ2v) is 5.59. The van der Waals surface area contributed by atoms with Crippen molar-refractivity contribution >= 4 is 36.9 Å². The third-order valence-corrected chi connectivity index (χ3v) is 3.45. The Morgan fingerprint density at radius 2 is 1.94 bits per heavy atom. The fourth-order valence-corrected chi connectivity index (χ4v) is 2.45. The van der Waals surface area contributed by atoms with Crippen LogP contribution in [0.15, 0.2) is 28.9 Å². The molecule has 88 valence electrons. The van der Waals surface area contributed by atoms with E-state index in [4.69, 9.17) is 0 Å². The highest BCUT2D eigenvalue weighted by atomic mass is 79.9. The molecule has 0 N–H and O–H groups in total. The molecule has 0 aliphatic rings. The Kier molecular flexibility index (Phi) is 4.09. The highest BCUT2D eigenvalue weighted by molar-refractivity contribution is 9.10. The molecule has 0 aliphatic carbocycles. The molecule has 1 heterocycles. The van der Waals surface area contributed by atoms with Crippen LogP contribution in [0.25, 0.3) is 10.9 Å². The van der Waals surface area contributed by atoms with Gasteiger partial charge in [0, 0.05) is 9.86 Å². The Morgan fingerprint density at radius 1 is 1.31 bits per heavy atom. The molecule has 1 aromatic carbocycles. The van der Waals surface area contributed by atoms with Crippen molar-refractivity contribution in [3.63, 3.8) is 0 Å². The molecule has 0 fully saturated rings. The van der Waals surface area contributed by atoms with E-state index in [1.807, 2.05) is 19.9 Å². The van der Waals surface area contributed by atoms with Gasteiger partial charge in [0.15, 0.2) is 0 Å². The molecule has 2 aromatic rings. The molecule has 0 saturated carbocycles. The maximum atomic E-state index is 11.3. The van der Waals surface area contributed by atoms with Crippen LogP contribution in [0.1, 0.15) is 13.8 Å². The van der Waals surface area contributed by atoms with E-state index >= 15 is 0 Å². The van der Waals surface area contributed by atoms with Crippen molar-refractivity contribution in [1.82, 2.24) is 9.19 Å². The second-order valence-electron chi connectivity index (χ2n) is 2.92. The average molecular weight is 305 g/mol. The fourth-order valence-electron chi connectivity index (χ4n) is 1.26. The number of fused-ring (bicyclic) bond motifs is 1. The van der Waals surface area contributed by atoms with Gasteiger partial charge in [-0.25, -0.2) is 8.42 Å². The van der Waals surface area contributed by atoms with Gasteiger partial charge in [-0.05, 0) is 12.1 Å². The van der Waals surface area contributed by atoms with E-state index in [0.29, 0.717) is 5.52 Å². The van der Waals surface area contributed by atoms with E-state index in [1.54, 1.807) is 12.1 Å². The zero-order valence-corrected chi connectivity index (χ0v) is 11.7. The predicted octanol–water partition coefficient (Wildman–Crippen LogP) is 2.63. The minimum Gasteiger partial charge on any atom is -0.205 e. The van der Waals surface area contributed by atoms with E-state index < -0.39 is 10.0 Å². The summed E-state index contributed by atoms with van der Waals surface area (Å²) in [5, 5.41) is 4.62. The van der Waals surface area contributed by atoms with Crippen LogP contribution in [0.3, 0.4) is 0 Å². The normalized spacial score (nSPS) is 11.0. The molecule has 0 radical (unpaired) electrons. The summed E-state index contributed by atoms with van der Waals surface area (Å²) in [5.41, 5.74) is 0.585. The third kappa shape index (κ3) is 2.44. The summed E-state index contributed by atoms with van der Waals surface area (Å²) >= 11 is 3.33. The summed E-state index contributed by atoms with van der Waals surface area (Å²) in [5.74, 6) is 0. The van der Waals surface area contributed by atoms with Crippen LogP contribution in [-0.4, -0.2) is 23.9 Å². The molecular weight excluding hydrogens is 292 g/mol. The highest BCUT2D eigenvalue weighted by Gasteiger charge is 2.12. The molecule has 0 unspecified atom stereocenters. The van der Waals surface area contributed by atoms with Gasteiger partial charge in [-0.15, -0.1) is 0 Å². The molecule has 0 aliphatic heterocycles. The Hall–Kier alpha value is -0.880. The zero-order chi connectivity index (χ0) is 12.3. The van der Waals surface area contributed by atoms with Gasteiger partial charge in [0.05, 0.1) is 18.0 Å². The molecule has 2 rings (SSSR count). The van der Waals surface area contributed by atoms with E-state index in [2.05, 4.69) is 21.0 Å². The minimum atomic E-state index is -3.32. The summed E-state index contributed by atoms with van der Waals surface area (Å²) in [7, 11) is -3.32. The van der Waals surface area contributed by atoms with Crippen molar-refractivity contribution < 1.29 is 8.42 Å². The quantitative estimate of drug-likeness (QED) is 0.814. The summed E-state index contributed by atoms with van der Waals surface area (Å²) < 4.78 is 24.5. The lowest BCUT2D eigenvalue weighted by molar-refractivity contribution is 0.588. The van der Waals surface area contributed by atoms with Crippen molar-refractivity contribution in [1.29, 1.82) is 0 Å². The van der Waals surface area contributed by atoms with Crippen molar-refractivity contribution in [2.24, 2.45) is 0 Å². The van der Waals surface area contributed by atoms with Gasteiger partial charge in [-0.1, -0.05) is 35.8 Å². The lowest BCUT2D eigenvalue weighted by atomic mass is 10.3. The summed E-state index contributed by atoms with van der Waals surface area (Å²) in [6.45, 7) is 4.00. The van der Waals surface area contributed by atoms with E-state index in [0.717, 1.165) is 20.2 Å². The number of aromatic nitrogens is 2. The molecule has 16 heavy (non-hydrogen) atoms. The van der Waals surface area contributed by atoms with Crippen molar-refractivity contribution in [2.45, 2.75) is 13.8 Å². The molecule has 4 nitrogen and oxygen atoms in total. The number of hydrogen-bond acceptors (Lipinski definition) is 3. The van der Waals surface area contributed by atoms with E-state index in [1.165, 1.54) is 6.20 Å². The number of hydrogen-bond donors (Lipinski definition) is 0. The smallest absolute Gasteiger partial charge is 0.205 e. The van der Waals surface area contributed by atoms with Gasteiger partial charge in [-0.2, -0.15) is 9.19 Å². The van der Waals surface area contributed by atoms with Crippen LogP contribution in [0.5, 0.6) is 0 Å². The molecule has 0 saturated heterocycles. The fraction of sp³-hybridized carbons (Fsp3) is 0.300. The van der Waals surface area contributed by atoms with Crippen molar-refractivity contribution in [2.75, 3.05) is 6.26 Å². The number of nitrogens with zero attached hydrogens (tertiary/aromatic N) is 2. The topological polar surface area (TPSA) is 52.0 Å². The average Bonchev–Trinajstić information content (AvgIpc) is 2.65. The first kappa shape index (κ1) is 13.2. The van der Waals surface area contributed by atoms with Gasteiger partial charge in [-0.3, -0.25) is 0 Å². The molecule has 0 amide bonds. The van der Waals surface area contributed by atoms with Crippen molar-refractivity contribution in [3.05, 3.63) is 28.9 Å². The Labute approximate surface area is 103 Å². The second kappa shape index (κ2) is 4.97. The number of rotatable bonds is 1. The molecule has 0 atom stereocenters. The molecule has 6 heteroatoms. The van der Waals surface area contributed by atoms with E-state index in [9.17, 15) is 8.42 Å². The van der Waals surface area contributed by atoms with Gasteiger partial charge < -0.3 is 0 Å². The Balaban J connectivity index is 0.000000606. The Bertz CT molecular complexity index is 590. The number of benzene rings is 1. The molecule has 1 aromatic heterocycles. The first-order chi connectivity index (χ1) is 7.50. The summed E-state index contributed by atoms with van der Waals surface area (Å²) in [4.78, 5) is 0. The standard InChI is InChI=1S/C8H7BrN2O2S.C2H6/c1-14(12,13)11-8-4-2-3-7(9)6(8)5-10-11;1-2/h2-5H,1H3;1-2H3. The summed E-state index contributed by atoms with van der Waals surface area (Å²) in [6.07, 6.45) is 2.65. The molecular formula is C10H13BrN2O2S. The monoisotopic (exact) mass is 304 g/mol. The maximum absolute atomic E-state index is 11.3. The lowest BCUT2D eigenvalue weighted by Gasteiger charge is -1.99. The first-order valence-corrected chi connectivity index (χ1v) is 7.47. The number of halogens is 1. The SMILES string of the molecule is CC.CS(=O)(=O)n1ncc2c(Br)cccc21. The van der Waals surface area contributed by atoms with Crippen LogP contribution in [0.4, 0.5) is 0 Å². The van der Waals surface area contributed by atoms with Crippen LogP contribution >= 0.6 is 15.9 Å². The van der Waals surface area contributed by atoms with Crippen LogP contribution in [-0.2, 0) is 10.0 Å².